The second kappa shape index (κ2) is 7.39. The average Bonchev–Trinajstić information content (AvgIpc) is 3.26. The van der Waals surface area contributed by atoms with Crippen molar-refractivity contribution < 1.29 is 0 Å². The number of H-pyrrole nitrogens is 1. The molecule has 0 radical (unpaired) electrons. The number of terminal acetylenes is 1. The molecule has 1 nitrogen and oxygen atoms in total. The van der Waals surface area contributed by atoms with Gasteiger partial charge >= 0.3 is 0 Å². The van der Waals surface area contributed by atoms with Crippen LogP contribution in [0, 0.1) is 12.8 Å². The van der Waals surface area contributed by atoms with Crippen LogP contribution < -0.4 is 0 Å². The van der Waals surface area contributed by atoms with Crippen molar-refractivity contribution in [2.45, 2.75) is 33.1 Å². The Labute approximate surface area is 179 Å². The minimum absolute atomic E-state index is 0.00229. The van der Waals surface area contributed by atoms with Crippen LogP contribution in [0.4, 0.5) is 0 Å². The van der Waals surface area contributed by atoms with Crippen molar-refractivity contribution in [2.24, 2.45) is 0 Å². The predicted molar refractivity (Wildman–Crippen MR) is 132 cm³/mol. The summed E-state index contributed by atoms with van der Waals surface area (Å²) in [6.45, 7) is 9.01. The lowest BCUT2D eigenvalue weighted by atomic mass is 9.78. The second-order valence-corrected chi connectivity index (χ2v) is 8.19. The maximum Gasteiger partial charge on any atom is 0.0465 e. The Morgan fingerprint density at radius 1 is 0.767 bits per heavy atom. The molecule has 0 saturated heterocycles. The van der Waals surface area contributed by atoms with Crippen LogP contribution in [0.3, 0.4) is 0 Å². The lowest BCUT2D eigenvalue weighted by Gasteiger charge is -2.24. The Hall–Kier alpha value is -3.50. The molecule has 1 aromatic heterocycles. The lowest BCUT2D eigenvalue weighted by Crippen LogP contribution is -2.16. The van der Waals surface area contributed by atoms with Gasteiger partial charge in [0.15, 0.2) is 0 Å². The van der Waals surface area contributed by atoms with Crippen LogP contribution in [0.5, 0.6) is 0 Å². The zero-order chi connectivity index (χ0) is 21.5. The van der Waals surface area contributed by atoms with Gasteiger partial charge in [-0.15, -0.1) is 12.8 Å². The van der Waals surface area contributed by atoms with Crippen molar-refractivity contribution in [1.29, 1.82) is 0 Å². The van der Waals surface area contributed by atoms with Gasteiger partial charge < -0.3 is 4.98 Å². The Kier molecular flexibility index (Phi) is 4.88. The fourth-order valence-electron chi connectivity index (χ4n) is 5.15. The van der Waals surface area contributed by atoms with Gasteiger partial charge in [0.05, 0.1) is 0 Å². The third-order valence-electron chi connectivity index (χ3n) is 6.34. The van der Waals surface area contributed by atoms with E-state index in [4.69, 9.17) is 0 Å². The summed E-state index contributed by atoms with van der Waals surface area (Å²) in [5, 5.41) is 2.58. The first-order valence-corrected chi connectivity index (χ1v) is 10.4. The van der Waals surface area contributed by atoms with Crippen molar-refractivity contribution in [3.05, 3.63) is 89.5 Å². The number of hydrogen-bond acceptors (Lipinski definition) is 0. The van der Waals surface area contributed by atoms with Crippen LogP contribution in [0.15, 0.2) is 78.4 Å². The second-order valence-electron chi connectivity index (χ2n) is 8.19. The number of benzene rings is 3. The number of fused-ring (bicyclic) bond motifs is 4. The van der Waals surface area contributed by atoms with E-state index in [1.165, 1.54) is 55.2 Å². The summed E-state index contributed by atoms with van der Waals surface area (Å²) in [4.78, 5) is 3.54. The van der Waals surface area contributed by atoms with Crippen molar-refractivity contribution in [3.63, 3.8) is 0 Å². The standard InChI is InChI=1S/C27H25N.C2H2/c1-5-18-21-12-9-11-19(26(21)27(3,4)23(18)6-2)17-14-15-25-22(16-17)20-10-7-8-13-24(20)28-25;1-2/h5-16,28H,1-4H3;1-2H/b18-5-,23-6?;. The number of allylic oxidation sites excluding steroid dienone is 4. The molecule has 0 bridgehead atoms. The molecule has 4 aromatic rings. The summed E-state index contributed by atoms with van der Waals surface area (Å²) in [5.41, 5.74) is 10.6. The van der Waals surface area contributed by atoms with E-state index in [1.54, 1.807) is 0 Å². The van der Waals surface area contributed by atoms with Crippen molar-refractivity contribution in [3.8, 4) is 24.0 Å². The molecule has 0 saturated carbocycles. The van der Waals surface area contributed by atoms with E-state index < -0.39 is 0 Å². The molecule has 30 heavy (non-hydrogen) atoms. The van der Waals surface area contributed by atoms with Crippen LogP contribution in [-0.4, -0.2) is 4.98 Å². The fourth-order valence-corrected chi connectivity index (χ4v) is 5.15. The average molecular weight is 390 g/mol. The number of para-hydroxylation sites is 1. The molecule has 1 N–H and O–H groups in total. The zero-order valence-corrected chi connectivity index (χ0v) is 18.1. The van der Waals surface area contributed by atoms with Crippen LogP contribution >= 0.6 is 0 Å². The fraction of sp³-hybridized carbons (Fsp3) is 0.172. The summed E-state index contributed by atoms with van der Waals surface area (Å²) >= 11 is 0. The molecule has 0 aliphatic heterocycles. The van der Waals surface area contributed by atoms with E-state index in [0.717, 1.165) is 0 Å². The van der Waals surface area contributed by atoms with Gasteiger partial charge in [0.1, 0.15) is 0 Å². The SMILES string of the molecule is C#C.CC=C1/C(=C\C)c2cccc(-c3ccc4[nH]c5ccccc5c4c3)c2C1(C)C. The molecular formula is C29H27N. The van der Waals surface area contributed by atoms with Crippen LogP contribution in [0.1, 0.15) is 38.8 Å². The van der Waals surface area contributed by atoms with Crippen molar-refractivity contribution >= 4 is 27.4 Å². The molecule has 0 spiro atoms. The number of aromatic amines is 1. The van der Waals surface area contributed by atoms with Crippen LogP contribution in [0.25, 0.3) is 38.5 Å². The molecule has 0 unspecified atom stereocenters. The Balaban J connectivity index is 0.00000106. The molecule has 148 valence electrons. The normalized spacial score (nSPS) is 17.3. The predicted octanol–water partition coefficient (Wildman–Crippen LogP) is 7.88. The maximum atomic E-state index is 4.00. The number of aromatic nitrogens is 1. The number of nitrogens with one attached hydrogen (secondary N) is 1. The highest BCUT2D eigenvalue weighted by molar-refractivity contribution is 6.08. The first-order chi connectivity index (χ1) is 14.6. The zero-order valence-electron chi connectivity index (χ0n) is 18.1. The van der Waals surface area contributed by atoms with E-state index in [0.29, 0.717) is 0 Å². The molecule has 5 rings (SSSR count). The minimum atomic E-state index is -0.00229. The largest absolute Gasteiger partial charge is 0.355 e. The highest BCUT2D eigenvalue weighted by Crippen LogP contribution is 2.53. The lowest BCUT2D eigenvalue weighted by molar-refractivity contribution is 0.661. The third kappa shape index (κ3) is 2.72. The Morgan fingerprint density at radius 3 is 2.20 bits per heavy atom. The topological polar surface area (TPSA) is 15.8 Å². The molecule has 0 fully saturated rings. The first kappa shape index (κ1) is 19.8. The summed E-state index contributed by atoms with van der Waals surface area (Å²) in [7, 11) is 0. The smallest absolute Gasteiger partial charge is 0.0465 e. The number of hydrogen-bond donors (Lipinski definition) is 1. The van der Waals surface area contributed by atoms with Crippen molar-refractivity contribution in [2.75, 3.05) is 0 Å². The van der Waals surface area contributed by atoms with Gasteiger partial charge in [-0.05, 0) is 65.4 Å². The third-order valence-corrected chi connectivity index (χ3v) is 6.34. The van der Waals surface area contributed by atoms with Gasteiger partial charge in [-0.25, -0.2) is 0 Å². The minimum Gasteiger partial charge on any atom is -0.355 e. The molecule has 1 heterocycles. The first-order valence-electron chi connectivity index (χ1n) is 10.4. The molecule has 1 heteroatoms. The molecule has 1 aliphatic rings. The van der Waals surface area contributed by atoms with Gasteiger partial charge in [0, 0.05) is 27.2 Å². The summed E-state index contributed by atoms with van der Waals surface area (Å²) < 4.78 is 0. The summed E-state index contributed by atoms with van der Waals surface area (Å²) in [6.07, 6.45) is 12.5. The Bertz CT molecular complexity index is 1340. The molecular weight excluding hydrogens is 362 g/mol. The highest BCUT2D eigenvalue weighted by Gasteiger charge is 2.39. The van der Waals surface area contributed by atoms with E-state index in [2.05, 4.69) is 118 Å². The van der Waals surface area contributed by atoms with Crippen LogP contribution in [-0.2, 0) is 5.41 Å². The number of rotatable bonds is 1. The van der Waals surface area contributed by atoms with E-state index in [9.17, 15) is 0 Å². The van der Waals surface area contributed by atoms with E-state index in [-0.39, 0.29) is 5.41 Å². The van der Waals surface area contributed by atoms with Gasteiger partial charge in [-0.1, -0.05) is 68.5 Å². The molecule has 3 aromatic carbocycles. The maximum absolute atomic E-state index is 4.00. The molecule has 0 amide bonds. The molecule has 1 aliphatic carbocycles. The van der Waals surface area contributed by atoms with Gasteiger partial charge in [0.25, 0.3) is 0 Å². The van der Waals surface area contributed by atoms with Gasteiger partial charge in [0.2, 0.25) is 0 Å². The van der Waals surface area contributed by atoms with Crippen LogP contribution in [0.2, 0.25) is 0 Å². The summed E-state index contributed by atoms with van der Waals surface area (Å²) in [6, 6.07) is 22.1. The monoisotopic (exact) mass is 389 g/mol. The van der Waals surface area contributed by atoms with Gasteiger partial charge in [-0.2, -0.15) is 0 Å². The highest BCUT2D eigenvalue weighted by atomic mass is 14.7. The molecule has 0 atom stereocenters. The van der Waals surface area contributed by atoms with Gasteiger partial charge in [-0.3, -0.25) is 0 Å². The summed E-state index contributed by atoms with van der Waals surface area (Å²) in [5.74, 6) is 0. The van der Waals surface area contributed by atoms with E-state index >= 15 is 0 Å². The van der Waals surface area contributed by atoms with E-state index in [1.807, 2.05) is 0 Å². The quantitative estimate of drug-likeness (QED) is 0.319. The Morgan fingerprint density at radius 2 is 1.47 bits per heavy atom. The van der Waals surface area contributed by atoms with Crippen molar-refractivity contribution in [1.82, 2.24) is 4.98 Å².